The quantitative estimate of drug-likeness (QED) is 0.838. The number of nitrogens with one attached hydrogen (secondary N) is 1. The summed E-state index contributed by atoms with van der Waals surface area (Å²) < 4.78 is 18.4. The van der Waals surface area contributed by atoms with E-state index in [1.165, 1.54) is 6.07 Å². The van der Waals surface area contributed by atoms with Gasteiger partial charge < -0.3 is 10.1 Å². The predicted molar refractivity (Wildman–Crippen MR) is 72.2 cm³/mol. The Morgan fingerprint density at radius 1 is 1.16 bits per heavy atom. The Bertz CT molecular complexity index is 567. The number of rotatable bonds is 5. The third kappa shape index (κ3) is 3.31. The smallest absolute Gasteiger partial charge is 0.181 e. The van der Waals surface area contributed by atoms with E-state index in [0.717, 1.165) is 0 Å². The third-order valence-corrected chi connectivity index (χ3v) is 2.73. The molecule has 19 heavy (non-hydrogen) atoms. The first-order chi connectivity index (χ1) is 9.20. The number of methoxy groups -OCH3 is 1. The lowest BCUT2D eigenvalue weighted by atomic mass is 10.1. The van der Waals surface area contributed by atoms with E-state index in [9.17, 15) is 9.18 Å². The van der Waals surface area contributed by atoms with E-state index in [2.05, 4.69) is 5.32 Å². The maximum Gasteiger partial charge on any atom is 0.181 e. The van der Waals surface area contributed by atoms with Gasteiger partial charge in [0.05, 0.1) is 19.3 Å². The van der Waals surface area contributed by atoms with Crippen LogP contribution in [0.4, 0.5) is 10.1 Å². The van der Waals surface area contributed by atoms with Crippen LogP contribution in [0.25, 0.3) is 0 Å². The zero-order valence-corrected chi connectivity index (χ0v) is 10.5. The second-order valence-corrected chi connectivity index (χ2v) is 3.99. The van der Waals surface area contributed by atoms with E-state index >= 15 is 0 Å². The minimum Gasteiger partial charge on any atom is -0.497 e. The number of anilines is 1. The molecule has 0 unspecified atom stereocenters. The standard InChI is InChI=1S/C15H14FNO2/c1-19-12-8-6-11(7-9-12)15(18)10-17-14-5-3-2-4-13(14)16/h2-9,17H,10H2,1H3. The number of ketones is 1. The molecule has 0 saturated carbocycles. The van der Waals surface area contributed by atoms with Gasteiger partial charge in [0.25, 0.3) is 0 Å². The molecule has 0 saturated heterocycles. The van der Waals surface area contributed by atoms with Gasteiger partial charge in [-0.15, -0.1) is 0 Å². The van der Waals surface area contributed by atoms with Gasteiger partial charge in [-0.05, 0) is 36.4 Å². The summed E-state index contributed by atoms with van der Waals surface area (Å²) in [6.45, 7) is 0.0489. The monoisotopic (exact) mass is 259 g/mol. The molecule has 0 radical (unpaired) electrons. The Labute approximate surface area is 111 Å². The lowest BCUT2D eigenvalue weighted by molar-refractivity contribution is 0.101. The highest BCUT2D eigenvalue weighted by Gasteiger charge is 2.07. The number of carbonyl (C=O) groups is 1. The molecule has 1 N–H and O–H groups in total. The average Bonchev–Trinajstić information content (AvgIpc) is 2.46. The molecule has 0 fully saturated rings. The van der Waals surface area contributed by atoms with Crippen molar-refractivity contribution in [1.29, 1.82) is 0 Å². The molecule has 0 spiro atoms. The van der Waals surface area contributed by atoms with Gasteiger partial charge in [-0.1, -0.05) is 12.1 Å². The number of hydrogen-bond acceptors (Lipinski definition) is 3. The molecular formula is C15H14FNO2. The van der Waals surface area contributed by atoms with Crippen LogP contribution in [0, 0.1) is 5.82 Å². The van der Waals surface area contributed by atoms with Gasteiger partial charge in [-0.3, -0.25) is 4.79 Å². The molecule has 0 aromatic heterocycles. The van der Waals surface area contributed by atoms with Crippen molar-refractivity contribution in [2.75, 3.05) is 19.0 Å². The SMILES string of the molecule is COc1ccc(C(=O)CNc2ccccc2F)cc1. The fourth-order valence-electron chi connectivity index (χ4n) is 1.66. The lowest BCUT2D eigenvalue weighted by Crippen LogP contribution is -2.14. The van der Waals surface area contributed by atoms with Gasteiger partial charge in [0, 0.05) is 5.56 Å². The zero-order chi connectivity index (χ0) is 13.7. The van der Waals surface area contributed by atoms with E-state index in [1.54, 1.807) is 49.6 Å². The van der Waals surface area contributed by atoms with Crippen LogP contribution in [-0.2, 0) is 0 Å². The molecule has 2 aromatic rings. The van der Waals surface area contributed by atoms with Gasteiger partial charge in [-0.25, -0.2) is 4.39 Å². The number of benzene rings is 2. The molecule has 98 valence electrons. The molecule has 2 rings (SSSR count). The second kappa shape index (κ2) is 6.00. The van der Waals surface area contributed by atoms with Gasteiger partial charge in [0.2, 0.25) is 0 Å². The maximum atomic E-state index is 13.4. The molecule has 0 atom stereocenters. The van der Waals surface area contributed by atoms with Crippen molar-refractivity contribution in [3.8, 4) is 5.75 Å². The van der Waals surface area contributed by atoms with Crippen molar-refractivity contribution in [2.45, 2.75) is 0 Å². The molecule has 0 aliphatic carbocycles. The van der Waals surface area contributed by atoms with Crippen LogP contribution in [0.3, 0.4) is 0 Å². The van der Waals surface area contributed by atoms with E-state index in [1.807, 2.05) is 0 Å². The van der Waals surface area contributed by atoms with E-state index in [4.69, 9.17) is 4.74 Å². The van der Waals surface area contributed by atoms with Crippen LogP contribution in [-0.4, -0.2) is 19.4 Å². The zero-order valence-electron chi connectivity index (χ0n) is 10.5. The summed E-state index contributed by atoms with van der Waals surface area (Å²) in [7, 11) is 1.57. The summed E-state index contributed by atoms with van der Waals surface area (Å²) >= 11 is 0. The van der Waals surface area contributed by atoms with Crippen LogP contribution in [0.15, 0.2) is 48.5 Å². The number of Topliss-reactive ketones (excluding diaryl/α,β-unsaturated/α-hetero) is 1. The Kier molecular flexibility index (Phi) is 4.13. The Hall–Kier alpha value is -2.36. The number of hydrogen-bond donors (Lipinski definition) is 1. The van der Waals surface area contributed by atoms with Crippen LogP contribution in [0.2, 0.25) is 0 Å². The molecule has 2 aromatic carbocycles. The molecule has 4 heteroatoms. The molecule has 0 bridgehead atoms. The minimum atomic E-state index is -0.370. The number of ether oxygens (including phenoxy) is 1. The first kappa shape index (κ1) is 13.1. The average molecular weight is 259 g/mol. The van der Waals surface area contributed by atoms with E-state index in [0.29, 0.717) is 17.0 Å². The van der Waals surface area contributed by atoms with Gasteiger partial charge in [-0.2, -0.15) is 0 Å². The fraction of sp³-hybridized carbons (Fsp3) is 0.133. The first-order valence-electron chi connectivity index (χ1n) is 5.86. The van der Waals surface area contributed by atoms with Crippen molar-refractivity contribution in [2.24, 2.45) is 0 Å². The molecule has 0 amide bonds. The van der Waals surface area contributed by atoms with Gasteiger partial charge in [0.15, 0.2) is 5.78 Å². The number of halogens is 1. The summed E-state index contributed by atoms with van der Waals surface area (Å²) in [6, 6.07) is 13.1. The normalized spacial score (nSPS) is 10.0. The van der Waals surface area contributed by atoms with E-state index < -0.39 is 0 Å². The molecule has 3 nitrogen and oxygen atoms in total. The van der Waals surface area contributed by atoms with Crippen LogP contribution in [0.1, 0.15) is 10.4 Å². The summed E-state index contributed by atoms with van der Waals surface area (Å²) in [4.78, 5) is 11.9. The van der Waals surface area contributed by atoms with Crippen molar-refractivity contribution >= 4 is 11.5 Å². The lowest BCUT2D eigenvalue weighted by Gasteiger charge is -2.07. The predicted octanol–water partition coefficient (Wildman–Crippen LogP) is 3.13. The summed E-state index contributed by atoms with van der Waals surface area (Å²) in [5.74, 6) is 0.217. The summed E-state index contributed by atoms with van der Waals surface area (Å²) in [6.07, 6.45) is 0. The maximum absolute atomic E-state index is 13.4. The van der Waals surface area contributed by atoms with Crippen molar-refractivity contribution < 1.29 is 13.9 Å². The van der Waals surface area contributed by atoms with Crippen LogP contribution in [0.5, 0.6) is 5.75 Å². The molecule has 0 aliphatic heterocycles. The Morgan fingerprint density at radius 3 is 2.47 bits per heavy atom. The summed E-state index contributed by atoms with van der Waals surface area (Å²) in [5, 5.41) is 2.78. The number of para-hydroxylation sites is 1. The van der Waals surface area contributed by atoms with Crippen molar-refractivity contribution in [3.05, 3.63) is 59.9 Å². The highest BCUT2D eigenvalue weighted by molar-refractivity contribution is 5.99. The highest BCUT2D eigenvalue weighted by atomic mass is 19.1. The van der Waals surface area contributed by atoms with Gasteiger partial charge in [0.1, 0.15) is 11.6 Å². The largest absolute Gasteiger partial charge is 0.497 e. The molecular weight excluding hydrogens is 245 g/mol. The second-order valence-electron chi connectivity index (χ2n) is 3.99. The van der Waals surface area contributed by atoms with Crippen molar-refractivity contribution in [3.63, 3.8) is 0 Å². The van der Waals surface area contributed by atoms with Crippen LogP contribution < -0.4 is 10.1 Å². The first-order valence-corrected chi connectivity index (χ1v) is 5.86. The minimum absolute atomic E-state index is 0.0489. The molecule has 0 heterocycles. The van der Waals surface area contributed by atoms with Crippen molar-refractivity contribution in [1.82, 2.24) is 0 Å². The van der Waals surface area contributed by atoms with Gasteiger partial charge >= 0.3 is 0 Å². The Morgan fingerprint density at radius 2 is 1.84 bits per heavy atom. The highest BCUT2D eigenvalue weighted by Crippen LogP contribution is 2.14. The molecule has 0 aliphatic rings. The summed E-state index contributed by atoms with van der Waals surface area (Å²) in [5.41, 5.74) is 0.883. The van der Waals surface area contributed by atoms with Crippen LogP contribution >= 0.6 is 0 Å². The number of carbonyl (C=O) groups excluding carboxylic acids is 1. The fourth-order valence-corrected chi connectivity index (χ4v) is 1.66. The van der Waals surface area contributed by atoms with E-state index in [-0.39, 0.29) is 18.1 Å². The Balaban J connectivity index is 1.99. The third-order valence-electron chi connectivity index (χ3n) is 2.73. The topological polar surface area (TPSA) is 38.3 Å².